The van der Waals surface area contributed by atoms with Crippen LogP contribution in [0.5, 0.6) is 0 Å². The summed E-state index contributed by atoms with van der Waals surface area (Å²) in [4.78, 5) is 8.67. The number of nitrogens with one attached hydrogen (secondary N) is 1. The van der Waals surface area contributed by atoms with Gasteiger partial charge in [0.05, 0.1) is 0 Å². The normalized spacial score (nSPS) is 15.3. The zero-order valence-corrected chi connectivity index (χ0v) is 9.58. The highest BCUT2D eigenvalue weighted by molar-refractivity contribution is 5.46. The molecule has 0 radical (unpaired) electrons. The summed E-state index contributed by atoms with van der Waals surface area (Å²) in [5.41, 5.74) is 2.50. The zero-order chi connectivity index (χ0) is 11.2. The molecule has 0 spiro atoms. The van der Waals surface area contributed by atoms with E-state index in [1.165, 1.54) is 30.5 Å². The van der Waals surface area contributed by atoms with E-state index in [9.17, 15) is 0 Å². The molecule has 88 valence electrons. The van der Waals surface area contributed by atoms with Crippen molar-refractivity contribution in [2.24, 2.45) is 0 Å². The molecule has 16 heavy (non-hydrogen) atoms. The second-order valence-electron chi connectivity index (χ2n) is 4.21. The predicted molar refractivity (Wildman–Crippen MR) is 63.5 cm³/mol. The molecule has 2 rings (SSSR count). The van der Waals surface area contributed by atoms with Crippen LogP contribution >= 0.6 is 0 Å². The van der Waals surface area contributed by atoms with Crippen LogP contribution in [0.3, 0.4) is 0 Å². The van der Waals surface area contributed by atoms with Gasteiger partial charge in [0.2, 0.25) is 0 Å². The Morgan fingerprint density at radius 2 is 2.06 bits per heavy atom. The van der Waals surface area contributed by atoms with Gasteiger partial charge in [0.25, 0.3) is 0 Å². The van der Waals surface area contributed by atoms with Crippen LogP contribution in [-0.4, -0.2) is 28.2 Å². The van der Waals surface area contributed by atoms with Crippen LogP contribution < -0.4 is 5.32 Å². The minimum absolute atomic E-state index is 0.222. The average Bonchev–Trinajstić information content (AvgIpc) is 2.55. The van der Waals surface area contributed by atoms with Crippen LogP contribution in [0.1, 0.15) is 36.9 Å². The first-order valence-corrected chi connectivity index (χ1v) is 6.09. The van der Waals surface area contributed by atoms with Gasteiger partial charge >= 0.3 is 0 Å². The van der Waals surface area contributed by atoms with Crippen LogP contribution in [0.2, 0.25) is 0 Å². The van der Waals surface area contributed by atoms with Gasteiger partial charge in [-0.15, -0.1) is 0 Å². The maximum Gasteiger partial charge on any atom is 0.132 e. The first-order valence-electron chi connectivity index (χ1n) is 6.09. The number of aliphatic hydroxyl groups is 1. The summed E-state index contributed by atoms with van der Waals surface area (Å²) >= 11 is 0. The van der Waals surface area contributed by atoms with Crippen molar-refractivity contribution < 1.29 is 5.11 Å². The summed E-state index contributed by atoms with van der Waals surface area (Å²) in [5, 5.41) is 12.0. The van der Waals surface area contributed by atoms with Crippen molar-refractivity contribution in [3.8, 4) is 0 Å². The van der Waals surface area contributed by atoms with Crippen molar-refractivity contribution in [1.29, 1.82) is 0 Å². The number of aromatic nitrogens is 2. The third kappa shape index (κ3) is 2.70. The second-order valence-corrected chi connectivity index (χ2v) is 4.21. The molecular formula is C12H19N3O. The van der Waals surface area contributed by atoms with Crippen molar-refractivity contribution in [2.75, 3.05) is 18.5 Å². The Balaban J connectivity index is 2.11. The fourth-order valence-electron chi connectivity index (χ4n) is 2.14. The molecule has 0 atom stereocenters. The van der Waals surface area contributed by atoms with E-state index in [-0.39, 0.29) is 6.61 Å². The molecule has 1 aromatic heterocycles. The molecule has 0 saturated heterocycles. The summed E-state index contributed by atoms with van der Waals surface area (Å²) < 4.78 is 0. The maximum atomic E-state index is 8.75. The number of rotatable bonds is 4. The lowest BCUT2D eigenvalue weighted by Gasteiger charge is -2.11. The molecule has 0 aromatic carbocycles. The van der Waals surface area contributed by atoms with Crippen LogP contribution in [0.25, 0.3) is 0 Å². The highest BCUT2D eigenvalue weighted by Gasteiger charge is 2.13. The number of fused-ring (bicyclic) bond motifs is 1. The number of aliphatic hydroxyl groups excluding tert-OH is 1. The Kier molecular flexibility index (Phi) is 4.10. The topological polar surface area (TPSA) is 58.0 Å². The Labute approximate surface area is 96.1 Å². The van der Waals surface area contributed by atoms with E-state index >= 15 is 0 Å². The molecule has 4 nitrogen and oxygen atoms in total. The van der Waals surface area contributed by atoms with Gasteiger partial charge in [0.15, 0.2) is 0 Å². The fourth-order valence-corrected chi connectivity index (χ4v) is 2.14. The summed E-state index contributed by atoms with van der Waals surface area (Å²) in [5.74, 6) is 0.973. The van der Waals surface area contributed by atoms with E-state index in [2.05, 4.69) is 15.3 Å². The summed E-state index contributed by atoms with van der Waals surface area (Å²) in [6, 6.07) is 0. The summed E-state index contributed by atoms with van der Waals surface area (Å²) in [7, 11) is 0. The van der Waals surface area contributed by atoms with Crippen molar-refractivity contribution in [2.45, 2.75) is 38.5 Å². The minimum Gasteiger partial charge on any atom is -0.396 e. The van der Waals surface area contributed by atoms with Crippen LogP contribution in [0, 0.1) is 0 Å². The molecule has 1 aliphatic rings. The number of hydrogen-bond acceptors (Lipinski definition) is 4. The lowest BCUT2D eigenvalue weighted by Crippen LogP contribution is -2.10. The smallest absolute Gasteiger partial charge is 0.132 e. The Hall–Kier alpha value is -1.16. The molecule has 0 saturated carbocycles. The maximum absolute atomic E-state index is 8.75. The average molecular weight is 221 g/mol. The Morgan fingerprint density at radius 1 is 1.19 bits per heavy atom. The molecule has 0 amide bonds. The molecule has 0 fully saturated rings. The zero-order valence-electron chi connectivity index (χ0n) is 9.58. The fraction of sp³-hybridized carbons (Fsp3) is 0.667. The molecule has 1 heterocycles. The number of anilines is 1. The monoisotopic (exact) mass is 221 g/mol. The molecule has 4 heteroatoms. The highest BCUT2D eigenvalue weighted by Crippen LogP contribution is 2.23. The molecule has 2 N–H and O–H groups in total. The summed E-state index contributed by atoms with van der Waals surface area (Å²) in [6.45, 7) is 1.00. The molecule has 1 aromatic rings. The lowest BCUT2D eigenvalue weighted by atomic mass is 10.1. The van der Waals surface area contributed by atoms with Crippen molar-refractivity contribution in [3.05, 3.63) is 17.6 Å². The van der Waals surface area contributed by atoms with E-state index in [0.717, 1.165) is 31.6 Å². The number of hydrogen-bond donors (Lipinski definition) is 2. The first-order chi connectivity index (χ1) is 7.92. The molecule has 0 aliphatic heterocycles. The van der Waals surface area contributed by atoms with E-state index in [1.54, 1.807) is 6.33 Å². The van der Waals surface area contributed by atoms with Gasteiger partial charge in [-0.1, -0.05) is 6.42 Å². The Morgan fingerprint density at radius 3 is 2.94 bits per heavy atom. The number of aryl methyl sites for hydroxylation is 1. The standard InChI is InChI=1S/C12H19N3O/c16-8-4-7-13-12-10-5-2-1-3-6-11(10)14-9-15-12/h9,16H,1-8H2,(H,13,14,15). The first kappa shape index (κ1) is 11.3. The molecular weight excluding hydrogens is 202 g/mol. The van der Waals surface area contributed by atoms with Crippen LogP contribution in [0.4, 0.5) is 5.82 Å². The van der Waals surface area contributed by atoms with Crippen molar-refractivity contribution >= 4 is 5.82 Å². The van der Waals surface area contributed by atoms with Gasteiger partial charge in [0.1, 0.15) is 12.1 Å². The van der Waals surface area contributed by atoms with Crippen molar-refractivity contribution in [1.82, 2.24) is 9.97 Å². The van der Waals surface area contributed by atoms with Crippen LogP contribution in [0.15, 0.2) is 6.33 Å². The van der Waals surface area contributed by atoms with Gasteiger partial charge in [-0.05, 0) is 32.1 Å². The number of nitrogens with zero attached hydrogens (tertiary/aromatic N) is 2. The molecule has 0 bridgehead atoms. The quantitative estimate of drug-likeness (QED) is 0.598. The van der Waals surface area contributed by atoms with E-state index < -0.39 is 0 Å². The Bertz CT molecular complexity index is 341. The lowest BCUT2D eigenvalue weighted by molar-refractivity contribution is 0.292. The highest BCUT2D eigenvalue weighted by atomic mass is 16.3. The largest absolute Gasteiger partial charge is 0.396 e. The van der Waals surface area contributed by atoms with Gasteiger partial charge in [0, 0.05) is 24.4 Å². The summed E-state index contributed by atoms with van der Waals surface area (Å²) in [6.07, 6.45) is 8.32. The van der Waals surface area contributed by atoms with Gasteiger partial charge in [-0.25, -0.2) is 9.97 Å². The van der Waals surface area contributed by atoms with Crippen molar-refractivity contribution in [3.63, 3.8) is 0 Å². The predicted octanol–water partition coefficient (Wildman–Crippen LogP) is 1.54. The third-order valence-electron chi connectivity index (χ3n) is 3.00. The second kappa shape index (κ2) is 5.80. The third-order valence-corrected chi connectivity index (χ3v) is 3.00. The van der Waals surface area contributed by atoms with E-state index in [0.29, 0.717) is 0 Å². The molecule has 0 unspecified atom stereocenters. The minimum atomic E-state index is 0.222. The van der Waals surface area contributed by atoms with Gasteiger partial charge in [-0.3, -0.25) is 0 Å². The SMILES string of the molecule is OCCCNc1ncnc2c1CCCCC2. The van der Waals surface area contributed by atoms with E-state index in [1.807, 2.05) is 0 Å². The molecule has 1 aliphatic carbocycles. The van der Waals surface area contributed by atoms with Crippen LogP contribution in [-0.2, 0) is 12.8 Å². The van der Waals surface area contributed by atoms with Gasteiger partial charge < -0.3 is 10.4 Å². The van der Waals surface area contributed by atoms with E-state index in [4.69, 9.17) is 5.11 Å². The van der Waals surface area contributed by atoms with Gasteiger partial charge in [-0.2, -0.15) is 0 Å².